The molecule has 21 heavy (non-hydrogen) atoms. The van der Waals surface area contributed by atoms with Crippen LogP contribution in [0.4, 0.5) is 0 Å². The average molecular weight is 289 g/mol. The Morgan fingerprint density at radius 3 is 2.29 bits per heavy atom. The van der Waals surface area contributed by atoms with Gasteiger partial charge in [0.05, 0.1) is 0 Å². The number of piperazine rings is 1. The highest BCUT2D eigenvalue weighted by molar-refractivity contribution is 5.33. The van der Waals surface area contributed by atoms with E-state index in [0.717, 1.165) is 13.1 Å². The number of likely N-dealkylation sites (N-methyl/N-ethyl adjacent to an activating group) is 2. The van der Waals surface area contributed by atoms with Gasteiger partial charge >= 0.3 is 0 Å². The van der Waals surface area contributed by atoms with Crippen LogP contribution < -0.4 is 5.32 Å². The first-order chi connectivity index (χ1) is 10.1. The third-order valence-corrected chi connectivity index (χ3v) is 4.60. The van der Waals surface area contributed by atoms with Gasteiger partial charge in [-0.2, -0.15) is 0 Å². The number of hydrogen-bond donors (Lipinski definition) is 1. The lowest BCUT2D eigenvalue weighted by atomic mass is 9.98. The third-order valence-electron chi connectivity index (χ3n) is 4.60. The van der Waals surface area contributed by atoms with Crippen molar-refractivity contribution in [2.75, 3.05) is 45.8 Å². The summed E-state index contributed by atoms with van der Waals surface area (Å²) in [4.78, 5) is 5.15. The molecule has 1 heterocycles. The molecule has 1 fully saturated rings. The van der Waals surface area contributed by atoms with Crippen LogP contribution in [-0.2, 0) is 0 Å². The van der Waals surface area contributed by atoms with Crippen LogP contribution >= 0.6 is 0 Å². The first kappa shape index (κ1) is 16.5. The first-order valence-electron chi connectivity index (χ1n) is 8.39. The zero-order valence-corrected chi connectivity index (χ0v) is 14.2. The van der Waals surface area contributed by atoms with Crippen LogP contribution in [0.5, 0.6) is 0 Å². The number of nitrogens with zero attached hydrogens (tertiary/aromatic N) is 2. The Morgan fingerprint density at radius 2 is 1.71 bits per heavy atom. The van der Waals surface area contributed by atoms with Gasteiger partial charge in [0.15, 0.2) is 0 Å². The van der Waals surface area contributed by atoms with Gasteiger partial charge in [0.1, 0.15) is 0 Å². The third kappa shape index (κ3) is 4.53. The second-order valence-corrected chi connectivity index (χ2v) is 6.21. The minimum atomic E-state index is 0.448. The molecule has 1 aromatic rings. The second-order valence-electron chi connectivity index (χ2n) is 6.21. The van der Waals surface area contributed by atoms with Crippen LogP contribution in [0.15, 0.2) is 18.2 Å². The Hall–Kier alpha value is -0.900. The van der Waals surface area contributed by atoms with E-state index in [0.29, 0.717) is 6.04 Å². The maximum atomic E-state index is 3.68. The van der Waals surface area contributed by atoms with Gasteiger partial charge in [0.2, 0.25) is 0 Å². The van der Waals surface area contributed by atoms with E-state index in [1.54, 1.807) is 0 Å². The first-order valence-corrected chi connectivity index (χ1v) is 8.39. The number of benzene rings is 1. The van der Waals surface area contributed by atoms with Crippen LogP contribution in [0, 0.1) is 13.8 Å². The highest BCUT2D eigenvalue weighted by Crippen LogP contribution is 2.20. The predicted molar refractivity (Wildman–Crippen MR) is 90.9 cm³/mol. The van der Waals surface area contributed by atoms with Crippen molar-refractivity contribution in [3.63, 3.8) is 0 Å². The van der Waals surface area contributed by atoms with Crippen LogP contribution in [0.25, 0.3) is 0 Å². The fourth-order valence-corrected chi connectivity index (χ4v) is 3.28. The highest BCUT2D eigenvalue weighted by Gasteiger charge is 2.20. The Balaban J connectivity index is 2.02. The molecule has 118 valence electrons. The van der Waals surface area contributed by atoms with E-state index in [1.165, 1.54) is 49.4 Å². The van der Waals surface area contributed by atoms with Gasteiger partial charge in [-0.25, -0.2) is 0 Å². The highest BCUT2D eigenvalue weighted by atomic mass is 15.3. The summed E-state index contributed by atoms with van der Waals surface area (Å²) in [7, 11) is 0. The van der Waals surface area contributed by atoms with E-state index in [2.05, 4.69) is 61.0 Å². The van der Waals surface area contributed by atoms with Gasteiger partial charge in [-0.05, 0) is 38.1 Å². The van der Waals surface area contributed by atoms with E-state index in [4.69, 9.17) is 0 Å². The lowest BCUT2D eigenvalue weighted by Crippen LogP contribution is -2.48. The molecule has 2 rings (SSSR count). The number of nitrogens with one attached hydrogen (secondary N) is 1. The molecule has 1 saturated heterocycles. The molecule has 1 aliphatic heterocycles. The summed E-state index contributed by atoms with van der Waals surface area (Å²) in [6, 6.07) is 7.29. The molecule has 0 aliphatic carbocycles. The largest absolute Gasteiger partial charge is 0.309 e. The Morgan fingerprint density at radius 1 is 1.05 bits per heavy atom. The summed E-state index contributed by atoms with van der Waals surface area (Å²) in [5, 5.41) is 3.68. The molecular formula is C18H31N3. The summed E-state index contributed by atoms with van der Waals surface area (Å²) in [5.74, 6) is 0. The van der Waals surface area contributed by atoms with Crippen molar-refractivity contribution in [2.24, 2.45) is 0 Å². The number of hydrogen-bond acceptors (Lipinski definition) is 3. The molecule has 1 N–H and O–H groups in total. The second kappa shape index (κ2) is 7.92. The van der Waals surface area contributed by atoms with Crippen LogP contribution in [-0.4, -0.2) is 55.6 Å². The lowest BCUT2D eigenvalue weighted by molar-refractivity contribution is 0.127. The summed E-state index contributed by atoms with van der Waals surface area (Å²) in [6.07, 6.45) is 0. The van der Waals surface area contributed by atoms with E-state index >= 15 is 0 Å². The fraction of sp³-hybridized carbons (Fsp3) is 0.667. The van der Waals surface area contributed by atoms with Gasteiger partial charge in [-0.1, -0.05) is 37.6 Å². The maximum absolute atomic E-state index is 3.68. The summed E-state index contributed by atoms with van der Waals surface area (Å²) < 4.78 is 0. The van der Waals surface area contributed by atoms with Crippen molar-refractivity contribution in [3.05, 3.63) is 34.9 Å². The zero-order valence-electron chi connectivity index (χ0n) is 14.2. The fourth-order valence-electron chi connectivity index (χ4n) is 3.28. The molecule has 1 unspecified atom stereocenters. The minimum Gasteiger partial charge on any atom is -0.309 e. The average Bonchev–Trinajstić information content (AvgIpc) is 2.48. The Kier molecular flexibility index (Phi) is 6.22. The van der Waals surface area contributed by atoms with E-state index < -0.39 is 0 Å². The quantitative estimate of drug-likeness (QED) is 0.868. The van der Waals surface area contributed by atoms with Crippen molar-refractivity contribution in [3.8, 4) is 0 Å². The van der Waals surface area contributed by atoms with Gasteiger partial charge in [-0.15, -0.1) is 0 Å². The smallest absolute Gasteiger partial charge is 0.0451 e. The van der Waals surface area contributed by atoms with Crippen molar-refractivity contribution < 1.29 is 0 Å². The van der Waals surface area contributed by atoms with Crippen molar-refractivity contribution in [2.45, 2.75) is 33.7 Å². The molecule has 3 nitrogen and oxygen atoms in total. The van der Waals surface area contributed by atoms with Crippen molar-refractivity contribution in [1.29, 1.82) is 0 Å². The molecule has 0 spiro atoms. The maximum Gasteiger partial charge on any atom is 0.0451 e. The molecule has 0 amide bonds. The molecule has 1 atom stereocenters. The lowest BCUT2D eigenvalue weighted by Gasteiger charge is -2.36. The SMILES string of the molecule is CCNC(CN1CCN(CC)CC1)c1ccc(C)cc1C. The van der Waals surface area contributed by atoms with Crippen LogP contribution in [0.2, 0.25) is 0 Å². The minimum absolute atomic E-state index is 0.448. The molecule has 1 aliphatic rings. The number of rotatable bonds is 6. The van der Waals surface area contributed by atoms with Crippen molar-refractivity contribution >= 4 is 0 Å². The topological polar surface area (TPSA) is 18.5 Å². The van der Waals surface area contributed by atoms with Crippen LogP contribution in [0.1, 0.15) is 36.6 Å². The molecule has 3 heteroatoms. The van der Waals surface area contributed by atoms with Crippen LogP contribution in [0.3, 0.4) is 0 Å². The molecule has 0 aromatic heterocycles. The van der Waals surface area contributed by atoms with E-state index in [-0.39, 0.29) is 0 Å². The monoisotopic (exact) mass is 289 g/mol. The van der Waals surface area contributed by atoms with E-state index in [1.807, 2.05) is 0 Å². The van der Waals surface area contributed by atoms with E-state index in [9.17, 15) is 0 Å². The number of aryl methyl sites for hydroxylation is 2. The molecule has 0 bridgehead atoms. The predicted octanol–water partition coefficient (Wildman–Crippen LogP) is 2.59. The van der Waals surface area contributed by atoms with Crippen molar-refractivity contribution in [1.82, 2.24) is 15.1 Å². The Labute approximate surface area is 130 Å². The Bertz CT molecular complexity index is 436. The summed E-state index contributed by atoms with van der Waals surface area (Å²) in [6.45, 7) is 17.0. The summed E-state index contributed by atoms with van der Waals surface area (Å²) >= 11 is 0. The molecule has 1 aromatic carbocycles. The van der Waals surface area contributed by atoms with Gasteiger partial charge < -0.3 is 10.2 Å². The van der Waals surface area contributed by atoms with Gasteiger partial charge in [0.25, 0.3) is 0 Å². The zero-order chi connectivity index (χ0) is 15.2. The molecule has 0 radical (unpaired) electrons. The van der Waals surface area contributed by atoms with Gasteiger partial charge in [-0.3, -0.25) is 4.90 Å². The normalized spacial score (nSPS) is 18.9. The standard InChI is InChI=1S/C18H31N3/c1-5-19-18(17-8-7-15(3)13-16(17)4)14-21-11-9-20(6-2)10-12-21/h7-8,13,18-19H,5-6,9-12,14H2,1-4H3. The molecular weight excluding hydrogens is 258 g/mol. The summed E-state index contributed by atoms with van der Waals surface area (Å²) in [5.41, 5.74) is 4.22. The van der Waals surface area contributed by atoms with Gasteiger partial charge in [0, 0.05) is 38.8 Å². The molecule has 0 saturated carbocycles.